The standard InChI is InChI=1S/C8H19N3O/c1-3-10-6-9(2)7-11(8-10)4-5-12/h12H,3-8H2,1-2H3. The molecule has 0 aliphatic carbocycles. The van der Waals surface area contributed by atoms with Crippen LogP contribution in [0.5, 0.6) is 0 Å². The van der Waals surface area contributed by atoms with Gasteiger partial charge in [0.05, 0.1) is 26.6 Å². The summed E-state index contributed by atoms with van der Waals surface area (Å²) in [7, 11) is 2.10. The van der Waals surface area contributed by atoms with Crippen molar-refractivity contribution >= 4 is 0 Å². The molecule has 1 fully saturated rings. The molecule has 0 saturated carbocycles. The summed E-state index contributed by atoms with van der Waals surface area (Å²) < 4.78 is 0. The predicted octanol–water partition coefficient (Wildman–Crippen LogP) is -0.579. The Balaban J connectivity index is 2.34. The van der Waals surface area contributed by atoms with E-state index in [0.717, 1.165) is 33.1 Å². The minimum Gasteiger partial charge on any atom is -0.395 e. The monoisotopic (exact) mass is 173 g/mol. The molecule has 4 nitrogen and oxygen atoms in total. The highest BCUT2D eigenvalue weighted by atomic mass is 16.3. The Morgan fingerprint density at radius 3 is 2.42 bits per heavy atom. The van der Waals surface area contributed by atoms with Gasteiger partial charge in [-0.15, -0.1) is 0 Å². The third-order valence-electron chi connectivity index (χ3n) is 2.15. The first-order valence-electron chi connectivity index (χ1n) is 4.50. The molecule has 1 rings (SSSR count). The fourth-order valence-corrected chi connectivity index (χ4v) is 1.58. The summed E-state index contributed by atoms with van der Waals surface area (Å²) in [6.07, 6.45) is 0. The summed E-state index contributed by atoms with van der Waals surface area (Å²) in [5, 5.41) is 8.79. The number of β-amino-alcohol motifs (C(OH)–C–C–N with tert-alkyl or cyclic N) is 1. The maximum absolute atomic E-state index is 8.79. The fourth-order valence-electron chi connectivity index (χ4n) is 1.58. The van der Waals surface area contributed by atoms with E-state index < -0.39 is 0 Å². The van der Waals surface area contributed by atoms with E-state index in [1.54, 1.807) is 0 Å². The molecule has 12 heavy (non-hydrogen) atoms. The molecule has 72 valence electrons. The van der Waals surface area contributed by atoms with Gasteiger partial charge in [-0.1, -0.05) is 6.92 Å². The molecular formula is C8H19N3O. The Morgan fingerprint density at radius 2 is 1.83 bits per heavy atom. The Hall–Kier alpha value is -0.160. The molecule has 0 aromatic carbocycles. The first-order valence-corrected chi connectivity index (χ1v) is 4.50. The molecule has 0 aromatic rings. The predicted molar refractivity (Wildman–Crippen MR) is 48.5 cm³/mol. The van der Waals surface area contributed by atoms with Gasteiger partial charge in [0.25, 0.3) is 0 Å². The first-order chi connectivity index (χ1) is 5.76. The Kier molecular flexibility index (Phi) is 3.94. The van der Waals surface area contributed by atoms with Crippen molar-refractivity contribution in [2.45, 2.75) is 6.92 Å². The van der Waals surface area contributed by atoms with Crippen molar-refractivity contribution in [1.29, 1.82) is 0 Å². The number of rotatable bonds is 3. The van der Waals surface area contributed by atoms with Crippen LogP contribution >= 0.6 is 0 Å². The van der Waals surface area contributed by atoms with Gasteiger partial charge < -0.3 is 5.11 Å². The molecule has 1 heterocycles. The van der Waals surface area contributed by atoms with Crippen molar-refractivity contribution in [2.24, 2.45) is 0 Å². The third kappa shape index (κ3) is 2.71. The van der Waals surface area contributed by atoms with E-state index in [1.807, 2.05) is 0 Å². The van der Waals surface area contributed by atoms with Crippen molar-refractivity contribution < 1.29 is 5.11 Å². The van der Waals surface area contributed by atoms with Gasteiger partial charge in [-0.25, -0.2) is 0 Å². The Bertz CT molecular complexity index is 131. The number of aliphatic hydroxyl groups excluding tert-OH is 1. The second-order valence-electron chi connectivity index (χ2n) is 3.39. The lowest BCUT2D eigenvalue weighted by atomic mass is 10.4. The van der Waals surface area contributed by atoms with Crippen LogP contribution in [0.4, 0.5) is 0 Å². The van der Waals surface area contributed by atoms with E-state index in [-0.39, 0.29) is 6.61 Å². The zero-order valence-electron chi connectivity index (χ0n) is 8.03. The normalized spacial score (nSPS) is 23.2. The van der Waals surface area contributed by atoms with Crippen LogP contribution in [0.3, 0.4) is 0 Å². The molecule has 0 unspecified atom stereocenters. The maximum atomic E-state index is 8.79. The molecule has 1 N–H and O–H groups in total. The summed E-state index contributed by atoms with van der Waals surface area (Å²) in [6, 6.07) is 0. The molecule has 1 saturated heterocycles. The van der Waals surface area contributed by atoms with E-state index in [9.17, 15) is 0 Å². The van der Waals surface area contributed by atoms with Crippen molar-refractivity contribution in [3.05, 3.63) is 0 Å². The lowest BCUT2D eigenvalue weighted by molar-refractivity contribution is -0.0194. The molecule has 1 aliphatic heterocycles. The topological polar surface area (TPSA) is 30.0 Å². The lowest BCUT2D eigenvalue weighted by Gasteiger charge is -2.40. The second kappa shape index (κ2) is 4.77. The molecule has 0 spiro atoms. The van der Waals surface area contributed by atoms with Crippen LogP contribution in [-0.4, -0.2) is 66.6 Å². The second-order valence-corrected chi connectivity index (χ2v) is 3.39. The van der Waals surface area contributed by atoms with Gasteiger partial charge in [-0.05, 0) is 13.6 Å². The van der Waals surface area contributed by atoms with Gasteiger partial charge in [-0.3, -0.25) is 14.7 Å². The van der Waals surface area contributed by atoms with Gasteiger partial charge >= 0.3 is 0 Å². The van der Waals surface area contributed by atoms with Crippen molar-refractivity contribution in [3.8, 4) is 0 Å². The molecule has 0 bridgehead atoms. The van der Waals surface area contributed by atoms with Crippen LogP contribution in [-0.2, 0) is 0 Å². The van der Waals surface area contributed by atoms with Gasteiger partial charge in [0.2, 0.25) is 0 Å². The van der Waals surface area contributed by atoms with Crippen LogP contribution in [0, 0.1) is 0 Å². The molecule has 0 atom stereocenters. The Labute approximate surface area is 74.4 Å². The molecule has 0 radical (unpaired) electrons. The van der Waals surface area contributed by atoms with Crippen molar-refractivity contribution in [1.82, 2.24) is 14.7 Å². The lowest BCUT2D eigenvalue weighted by Crippen LogP contribution is -2.53. The number of nitrogens with zero attached hydrogens (tertiary/aromatic N) is 3. The maximum Gasteiger partial charge on any atom is 0.0559 e. The molecule has 4 heteroatoms. The van der Waals surface area contributed by atoms with Gasteiger partial charge in [0, 0.05) is 6.54 Å². The van der Waals surface area contributed by atoms with E-state index in [4.69, 9.17) is 5.11 Å². The van der Waals surface area contributed by atoms with E-state index in [2.05, 4.69) is 28.7 Å². The number of hydrogen-bond acceptors (Lipinski definition) is 4. The van der Waals surface area contributed by atoms with Crippen LogP contribution in [0.2, 0.25) is 0 Å². The zero-order valence-corrected chi connectivity index (χ0v) is 8.03. The number of aliphatic hydroxyl groups is 1. The summed E-state index contributed by atoms with van der Waals surface area (Å²) >= 11 is 0. The highest BCUT2D eigenvalue weighted by Gasteiger charge is 2.18. The molecule has 1 aliphatic rings. The minimum absolute atomic E-state index is 0.255. The van der Waals surface area contributed by atoms with Crippen LogP contribution in [0.1, 0.15) is 6.92 Å². The smallest absolute Gasteiger partial charge is 0.0559 e. The van der Waals surface area contributed by atoms with E-state index >= 15 is 0 Å². The SMILES string of the molecule is CCN1CN(C)CN(CCO)C1. The summed E-state index contributed by atoms with van der Waals surface area (Å²) in [6.45, 7) is 7.27. The van der Waals surface area contributed by atoms with Gasteiger partial charge in [0.15, 0.2) is 0 Å². The number of hydrogen-bond donors (Lipinski definition) is 1. The Morgan fingerprint density at radius 1 is 1.17 bits per heavy atom. The largest absolute Gasteiger partial charge is 0.395 e. The fraction of sp³-hybridized carbons (Fsp3) is 1.00. The van der Waals surface area contributed by atoms with Crippen molar-refractivity contribution in [2.75, 3.05) is 46.8 Å². The molecular weight excluding hydrogens is 154 g/mol. The zero-order chi connectivity index (χ0) is 8.97. The van der Waals surface area contributed by atoms with Crippen LogP contribution in [0.25, 0.3) is 0 Å². The van der Waals surface area contributed by atoms with E-state index in [1.165, 1.54) is 0 Å². The average Bonchev–Trinajstić information content (AvgIpc) is 2.04. The average molecular weight is 173 g/mol. The van der Waals surface area contributed by atoms with Crippen LogP contribution in [0.15, 0.2) is 0 Å². The van der Waals surface area contributed by atoms with Crippen LogP contribution < -0.4 is 0 Å². The minimum atomic E-state index is 0.255. The summed E-state index contributed by atoms with van der Waals surface area (Å²) in [5.74, 6) is 0. The van der Waals surface area contributed by atoms with Gasteiger partial charge in [-0.2, -0.15) is 0 Å². The quantitative estimate of drug-likeness (QED) is 0.618. The summed E-state index contributed by atoms with van der Waals surface area (Å²) in [4.78, 5) is 6.84. The highest BCUT2D eigenvalue weighted by molar-refractivity contribution is 4.65. The van der Waals surface area contributed by atoms with E-state index in [0.29, 0.717) is 0 Å². The molecule has 0 aromatic heterocycles. The summed E-state index contributed by atoms with van der Waals surface area (Å²) in [5.41, 5.74) is 0. The first kappa shape index (κ1) is 9.92. The van der Waals surface area contributed by atoms with Crippen molar-refractivity contribution in [3.63, 3.8) is 0 Å². The molecule has 0 amide bonds. The third-order valence-corrected chi connectivity index (χ3v) is 2.15. The highest BCUT2D eigenvalue weighted by Crippen LogP contribution is 2.03. The van der Waals surface area contributed by atoms with Gasteiger partial charge in [0.1, 0.15) is 0 Å².